The molecule has 2 heterocycles. The molecule has 1 fully saturated rings. The number of rotatable bonds is 6. The Labute approximate surface area is 149 Å². The van der Waals surface area contributed by atoms with Gasteiger partial charge in [-0.3, -0.25) is 0 Å². The van der Waals surface area contributed by atoms with Gasteiger partial charge in [-0.2, -0.15) is 0 Å². The van der Waals surface area contributed by atoms with E-state index >= 15 is 0 Å². The van der Waals surface area contributed by atoms with E-state index in [4.69, 9.17) is 9.47 Å². The molecule has 26 heavy (non-hydrogen) atoms. The second-order valence-corrected chi connectivity index (χ2v) is 6.26. The van der Waals surface area contributed by atoms with Crippen LogP contribution in [0.15, 0.2) is 30.7 Å². The van der Waals surface area contributed by atoms with Crippen molar-refractivity contribution in [2.24, 2.45) is 5.92 Å². The Morgan fingerprint density at radius 1 is 1.35 bits per heavy atom. The Balaban J connectivity index is 1.78. The zero-order valence-electron chi connectivity index (χ0n) is 14.3. The van der Waals surface area contributed by atoms with E-state index in [1.54, 1.807) is 19.2 Å². The second-order valence-electron chi connectivity index (χ2n) is 6.26. The van der Waals surface area contributed by atoms with Gasteiger partial charge in [-0.05, 0) is 37.8 Å². The first-order valence-electron chi connectivity index (χ1n) is 8.59. The molecule has 0 saturated heterocycles. The highest BCUT2D eigenvalue weighted by atomic mass is 19.1. The van der Waals surface area contributed by atoms with Gasteiger partial charge in [0.2, 0.25) is 0 Å². The first-order chi connectivity index (χ1) is 12.7. The quantitative estimate of drug-likeness (QED) is 0.682. The van der Waals surface area contributed by atoms with Gasteiger partial charge in [-0.1, -0.05) is 0 Å². The van der Waals surface area contributed by atoms with Gasteiger partial charge >= 0.3 is 5.97 Å². The maximum absolute atomic E-state index is 13.7. The summed E-state index contributed by atoms with van der Waals surface area (Å²) < 4.78 is 24.6. The molecule has 1 aliphatic carbocycles. The van der Waals surface area contributed by atoms with Crippen LogP contribution >= 0.6 is 0 Å². The molecule has 0 aliphatic heterocycles. The van der Waals surface area contributed by atoms with Crippen LogP contribution in [-0.2, 0) is 4.74 Å². The van der Waals surface area contributed by atoms with Crippen LogP contribution in [0.4, 0.5) is 4.39 Å². The Bertz CT molecular complexity index is 966. The Morgan fingerprint density at radius 3 is 2.96 bits per heavy atom. The summed E-state index contributed by atoms with van der Waals surface area (Å²) in [5.74, 6) is 0.151. The van der Waals surface area contributed by atoms with Crippen molar-refractivity contribution in [2.75, 3.05) is 13.2 Å². The lowest BCUT2D eigenvalue weighted by Crippen LogP contribution is -2.04. The van der Waals surface area contributed by atoms with Gasteiger partial charge in [0.25, 0.3) is 0 Å². The van der Waals surface area contributed by atoms with E-state index in [0.29, 0.717) is 46.1 Å². The summed E-state index contributed by atoms with van der Waals surface area (Å²) in [7, 11) is 0. The van der Waals surface area contributed by atoms with Crippen LogP contribution in [-0.4, -0.2) is 34.1 Å². The van der Waals surface area contributed by atoms with Crippen LogP contribution in [0.2, 0.25) is 0 Å². The van der Waals surface area contributed by atoms with E-state index < -0.39 is 5.97 Å². The molecule has 0 bridgehead atoms. The van der Waals surface area contributed by atoms with Gasteiger partial charge in [-0.25, -0.2) is 19.2 Å². The summed E-state index contributed by atoms with van der Waals surface area (Å²) in [6.07, 6.45) is 5.21. The van der Waals surface area contributed by atoms with Gasteiger partial charge in [0.15, 0.2) is 0 Å². The van der Waals surface area contributed by atoms with Crippen LogP contribution in [0.5, 0.6) is 5.75 Å². The monoisotopic (exact) mass is 355 g/mol. The summed E-state index contributed by atoms with van der Waals surface area (Å²) in [6.45, 7) is 2.58. The number of aromatic amines is 1. The molecule has 2 aromatic heterocycles. The number of hydrogen-bond donors (Lipinski definition) is 1. The number of carbonyl (C=O) groups is 1. The molecule has 1 aliphatic rings. The number of nitrogens with zero attached hydrogens (tertiary/aromatic N) is 2. The molecule has 0 unspecified atom stereocenters. The molecule has 7 heteroatoms. The van der Waals surface area contributed by atoms with Crippen molar-refractivity contribution >= 4 is 17.0 Å². The molecule has 0 radical (unpaired) electrons. The van der Waals surface area contributed by atoms with Crippen molar-refractivity contribution in [2.45, 2.75) is 19.8 Å². The van der Waals surface area contributed by atoms with Gasteiger partial charge in [0.05, 0.1) is 18.7 Å². The minimum absolute atomic E-state index is 0.278. The molecule has 0 spiro atoms. The lowest BCUT2D eigenvalue weighted by atomic mass is 10.1. The number of fused-ring (bicyclic) bond motifs is 1. The number of aromatic nitrogens is 3. The SMILES string of the molecule is CCOC(=O)c1c[nH]c2c(-c3ccc(F)cc3OCC3CC3)ncnc12. The van der Waals surface area contributed by atoms with Crippen LogP contribution in [0, 0.1) is 11.7 Å². The van der Waals surface area contributed by atoms with E-state index in [1.807, 2.05) is 0 Å². The highest BCUT2D eigenvalue weighted by Gasteiger charge is 2.24. The number of benzene rings is 1. The van der Waals surface area contributed by atoms with Crippen molar-refractivity contribution in [3.05, 3.63) is 42.1 Å². The number of esters is 1. The van der Waals surface area contributed by atoms with Crippen molar-refractivity contribution in [1.29, 1.82) is 0 Å². The Kier molecular flexibility index (Phi) is 4.28. The molecule has 1 N–H and O–H groups in total. The average molecular weight is 355 g/mol. The van der Waals surface area contributed by atoms with Gasteiger partial charge in [0, 0.05) is 17.8 Å². The molecule has 0 atom stereocenters. The summed E-state index contributed by atoms with van der Waals surface area (Å²) in [4.78, 5) is 23.7. The number of ether oxygens (including phenoxy) is 2. The Morgan fingerprint density at radius 2 is 2.19 bits per heavy atom. The van der Waals surface area contributed by atoms with Gasteiger partial charge < -0.3 is 14.5 Å². The van der Waals surface area contributed by atoms with E-state index in [2.05, 4.69) is 15.0 Å². The second kappa shape index (κ2) is 6.74. The van der Waals surface area contributed by atoms with Gasteiger partial charge in [-0.15, -0.1) is 0 Å². The minimum Gasteiger partial charge on any atom is -0.492 e. The topological polar surface area (TPSA) is 77.1 Å². The smallest absolute Gasteiger partial charge is 0.341 e. The molecule has 0 amide bonds. The molecular weight excluding hydrogens is 337 g/mol. The standard InChI is InChI=1S/C19H18FN3O3/c1-2-25-19(24)14-8-21-18-16(22-10-23-17(14)18)13-6-5-12(20)7-15(13)26-9-11-3-4-11/h5-8,10-11,21H,2-4,9H2,1H3. The van der Waals surface area contributed by atoms with Crippen molar-refractivity contribution < 1.29 is 18.7 Å². The number of nitrogens with one attached hydrogen (secondary N) is 1. The fourth-order valence-corrected chi connectivity index (χ4v) is 2.81. The fraction of sp³-hybridized carbons (Fsp3) is 0.316. The van der Waals surface area contributed by atoms with Crippen LogP contribution in [0.3, 0.4) is 0 Å². The van der Waals surface area contributed by atoms with Crippen LogP contribution < -0.4 is 4.74 Å². The zero-order chi connectivity index (χ0) is 18.1. The lowest BCUT2D eigenvalue weighted by Gasteiger charge is -2.11. The molecule has 4 rings (SSSR count). The molecule has 1 aromatic carbocycles. The van der Waals surface area contributed by atoms with Crippen LogP contribution in [0.1, 0.15) is 30.1 Å². The van der Waals surface area contributed by atoms with E-state index in [-0.39, 0.29) is 12.4 Å². The largest absolute Gasteiger partial charge is 0.492 e. The lowest BCUT2D eigenvalue weighted by molar-refractivity contribution is 0.0528. The first-order valence-corrected chi connectivity index (χ1v) is 8.59. The van der Waals surface area contributed by atoms with Crippen molar-refractivity contribution in [1.82, 2.24) is 15.0 Å². The summed E-state index contributed by atoms with van der Waals surface area (Å²) >= 11 is 0. The summed E-state index contributed by atoms with van der Waals surface area (Å²) in [6, 6.07) is 4.35. The number of halogens is 1. The maximum atomic E-state index is 13.7. The summed E-state index contributed by atoms with van der Waals surface area (Å²) in [5.41, 5.74) is 2.59. The van der Waals surface area contributed by atoms with E-state index in [1.165, 1.54) is 18.5 Å². The summed E-state index contributed by atoms with van der Waals surface area (Å²) in [5, 5.41) is 0. The van der Waals surface area contributed by atoms with E-state index in [9.17, 15) is 9.18 Å². The minimum atomic E-state index is -0.451. The first kappa shape index (κ1) is 16.5. The highest BCUT2D eigenvalue weighted by molar-refractivity contribution is 6.05. The third-order valence-corrected chi connectivity index (χ3v) is 4.33. The predicted octanol–water partition coefficient (Wildman–Crippen LogP) is 3.73. The molecule has 6 nitrogen and oxygen atoms in total. The van der Waals surface area contributed by atoms with E-state index in [0.717, 1.165) is 12.8 Å². The number of H-pyrrole nitrogens is 1. The molecule has 1 saturated carbocycles. The Hall–Kier alpha value is -2.96. The highest BCUT2D eigenvalue weighted by Crippen LogP contribution is 2.36. The zero-order valence-corrected chi connectivity index (χ0v) is 14.3. The molecule has 134 valence electrons. The van der Waals surface area contributed by atoms with Crippen molar-refractivity contribution in [3.63, 3.8) is 0 Å². The molecule has 3 aromatic rings. The molecular formula is C19H18FN3O3. The third-order valence-electron chi connectivity index (χ3n) is 4.33. The normalized spacial score (nSPS) is 13.8. The third kappa shape index (κ3) is 3.12. The average Bonchev–Trinajstić information content (AvgIpc) is 3.36. The maximum Gasteiger partial charge on any atom is 0.341 e. The van der Waals surface area contributed by atoms with Crippen molar-refractivity contribution in [3.8, 4) is 17.0 Å². The number of carbonyl (C=O) groups excluding carboxylic acids is 1. The number of hydrogen-bond acceptors (Lipinski definition) is 5. The fourth-order valence-electron chi connectivity index (χ4n) is 2.81. The van der Waals surface area contributed by atoms with Gasteiger partial charge in [0.1, 0.15) is 34.7 Å². The predicted molar refractivity (Wildman–Crippen MR) is 93.5 cm³/mol. The van der Waals surface area contributed by atoms with Crippen LogP contribution in [0.25, 0.3) is 22.3 Å².